The van der Waals surface area contributed by atoms with E-state index in [4.69, 9.17) is 44.6 Å². The second-order valence-corrected chi connectivity index (χ2v) is 9.99. The number of carbonyl (C=O) groups excluding carboxylic acids is 1. The fourth-order valence-corrected chi connectivity index (χ4v) is 4.82. The Hall–Kier alpha value is -2.41. The minimum absolute atomic E-state index is 0.190. The molecule has 0 bridgehead atoms. The molecule has 1 aliphatic heterocycles. The molecule has 1 N–H and O–H groups in total. The molecule has 1 aromatic heterocycles. The largest absolute Gasteiger partial charge is 0.449 e. The van der Waals surface area contributed by atoms with Crippen LogP contribution in [-0.2, 0) is 4.74 Å². The van der Waals surface area contributed by atoms with Crippen molar-refractivity contribution in [1.82, 2.24) is 14.7 Å². The van der Waals surface area contributed by atoms with Gasteiger partial charge in [0.15, 0.2) is 5.82 Å². The van der Waals surface area contributed by atoms with Crippen molar-refractivity contribution in [3.63, 3.8) is 0 Å². The van der Waals surface area contributed by atoms with Gasteiger partial charge in [-0.1, -0.05) is 60.3 Å². The minimum Gasteiger partial charge on any atom is -0.449 e. The first kappa shape index (κ1) is 25.7. The van der Waals surface area contributed by atoms with Crippen molar-refractivity contribution in [2.75, 3.05) is 25.0 Å². The zero-order chi connectivity index (χ0) is 24.9. The molecular formula is C26H29Cl3N4O2. The molecule has 0 saturated carbocycles. The number of likely N-dealkylation sites (tertiary alicyclic amines) is 1. The molecule has 9 heteroatoms. The number of nitrogens with one attached hydrogen (secondary N) is 1. The van der Waals surface area contributed by atoms with Gasteiger partial charge in [-0.05, 0) is 56.5 Å². The number of amides is 1. The van der Waals surface area contributed by atoms with Crippen LogP contribution in [0.15, 0.2) is 42.5 Å². The third-order valence-electron chi connectivity index (χ3n) is 6.20. The summed E-state index contributed by atoms with van der Waals surface area (Å²) in [6, 6.07) is 13.2. The van der Waals surface area contributed by atoms with Gasteiger partial charge in [0.05, 0.1) is 23.0 Å². The predicted molar refractivity (Wildman–Crippen MR) is 143 cm³/mol. The molecule has 186 valence electrons. The lowest BCUT2D eigenvalue weighted by molar-refractivity contribution is 0.0927. The molecule has 0 spiro atoms. The fraction of sp³-hybridized carbons (Fsp3) is 0.385. The van der Waals surface area contributed by atoms with Crippen molar-refractivity contribution in [3.05, 3.63) is 63.1 Å². The number of benzene rings is 2. The third-order valence-corrected chi connectivity index (χ3v) is 6.99. The highest BCUT2D eigenvalue weighted by Gasteiger charge is 2.26. The maximum atomic E-state index is 12.3. The van der Waals surface area contributed by atoms with Crippen molar-refractivity contribution < 1.29 is 9.53 Å². The Balaban J connectivity index is 1.56. The minimum atomic E-state index is -0.222. The molecule has 4 rings (SSSR count). The second-order valence-electron chi connectivity index (χ2n) is 8.71. The number of anilines is 1. The first-order valence-electron chi connectivity index (χ1n) is 11.9. The standard InChI is InChI=1S/C26H29Cl3N4O2/c1-3-4-15-35-26(34)32-13-11-21(12-14-32)30-25-17(2)24(18-5-7-19(27)8-6-18)33(31-25)23-10-9-20(28)16-22(23)29/h5-10,16,21H,3-4,11-15H2,1-2H3,(H,30,31). The molecule has 0 atom stereocenters. The molecule has 6 nitrogen and oxygen atoms in total. The van der Waals surface area contributed by atoms with Crippen LogP contribution in [0.25, 0.3) is 16.9 Å². The molecule has 1 saturated heterocycles. The van der Waals surface area contributed by atoms with Gasteiger partial charge in [0.2, 0.25) is 0 Å². The van der Waals surface area contributed by atoms with Gasteiger partial charge in [0.1, 0.15) is 0 Å². The van der Waals surface area contributed by atoms with Gasteiger partial charge in [0.25, 0.3) is 0 Å². The number of aromatic nitrogens is 2. The molecule has 0 radical (unpaired) electrons. The molecule has 1 amide bonds. The van der Waals surface area contributed by atoms with E-state index in [2.05, 4.69) is 12.2 Å². The number of unbranched alkanes of at least 4 members (excludes halogenated alkanes) is 1. The smallest absolute Gasteiger partial charge is 0.409 e. The first-order valence-corrected chi connectivity index (χ1v) is 13.0. The summed E-state index contributed by atoms with van der Waals surface area (Å²) in [4.78, 5) is 14.1. The molecule has 3 aromatic rings. The summed E-state index contributed by atoms with van der Waals surface area (Å²) in [5.41, 5.74) is 3.63. The van der Waals surface area contributed by atoms with Gasteiger partial charge in [0, 0.05) is 40.3 Å². The zero-order valence-corrected chi connectivity index (χ0v) is 22.1. The average Bonchev–Trinajstić information content (AvgIpc) is 3.15. The summed E-state index contributed by atoms with van der Waals surface area (Å²) in [5, 5.41) is 10.2. The van der Waals surface area contributed by atoms with Gasteiger partial charge in [-0.15, -0.1) is 5.10 Å². The van der Waals surface area contributed by atoms with E-state index in [0.717, 1.165) is 54.0 Å². The van der Waals surface area contributed by atoms with Crippen LogP contribution in [0.3, 0.4) is 0 Å². The number of hydrogen-bond acceptors (Lipinski definition) is 4. The predicted octanol–water partition coefficient (Wildman–Crippen LogP) is 7.62. The van der Waals surface area contributed by atoms with E-state index in [-0.39, 0.29) is 12.1 Å². The highest BCUT2D eigenvalue weighted by Crippen LogP contribution is 2.35. The first-order chi connectivity index (χ1) is 16.9. The number of piperidine rings is 1. The van der Waals surface area contributed by atoms with Crippen molar-refractivity contribution in [2.24, 2.45) is 0 Å². The highest BCUT2D eigenvalue weighted by atomic mass is 35.5. The Labute approximate surface area is 221 Å². The molecule has 2 heterocycles. The molecular weight excluding hydrogens is 507 g/mol. The molecule has 1 aliphatic rings. The summed E-state index contributed by atoms with van der Waals surface area (Å²) < 4.78 is 7.21. The quantitative estimate of drug-likeness (QED) is 0.316. The van der Waals surface area contributed by atoms with Gasteiger partial charge in [-0.3, -0.25) is 0 Å². The van der Waals surface area contributed by atoms with Crippen molar-refractivity contribution in [3.8, 4) is 16.9 Å². The van der Waals surface area contributed by atoms with Gasteiger partial charge >= 0.3 is 6.09 Å². The number of rotatable bonds is 7. The molecule has 2 aromatic carbocycles. The van der Waals surface area contributed by atoms with E-state index in [9.17, 15) is 4.79 Å². The second kappa shape index (κ2) is 11.5. The number of nitrogens with zero attached hydrogens (tertiary/aromatic N) is 3. The van der Waals surface area contributed by atoms with Crippen LogP contribution in [0.4, 0.5) is 10.6 Å². The summed E-state index contributed by atoms with van der Waals surface area (Å²) in [6.07, 6.45) is 3.30. The number of halogens is 3. The van der Waals surface area contributed by atoms with E-state index in [1.165, 1.54) is 0 Å². The SMILES string of the molecule is CCCCOC(=O)N1CCC(Nc2nn(-c3ccc(Cl)cc3Cl)c(-c3ccc(Cl)cc3)c2C)CC1. The summed E-state index contributed by atoms with van der Waals surface area (Å²) >= 11 is 18.8. The van der Waals surface area contributed by atoms with Crippen LogP contribution in [0.1, 0.15) is 38.2 Å². The lowest BCUT2D eigenvalue weighted by atomic mass is 10.0. The molecule has 35 heavy (non-hydrogen) atoms. The summed E-state index contributed by atoms with van der Waals surface area (Å²) in [5.74, 6) is 0.782. The lowest BCUT2D eigenvalue weighted by Gasteiger charge is -2.31. The van der Waals surface area contributed by atoms with Crippen LogP contribution in [0.5, 0.6) is 0 Å². The van der Waals surface area contributed by atoms with Crippen LogP contribution in [0.2, 0.25) is 15.1 Å². The fourth-order valence-electron chi connectivity index (χ4n) is 4.20. The van der Waals surface area contributed by atoms with Gasteiger partial charge in [-0.25, -0.2) is 9.48 Å². The van der Waals surface area contributed by atoms with E-state index in [0.29, 0.717) is 34.8 Å². The lowest BCUT2D eigenvalue weighted by Crippen LogP contribution is -2.42. The molecule has 1 fully saturated rings. The van der Waals surface area contributed by atoms with Crippen molar-refractivity contribution >= 4 is 46.7 Å². The van der Waals surface area contributed by atoms with Crippen LogP contribution < -0.4 is 5.32 Å². The summed E-state index contributed by atoms with van der Waals surface area (Å²) in [6.45, 7) is 5.89. The van der Waals surface area contributed by atoms with Crippen LogP contribution in [0, 0.1) is 6.92 Å². The van der Waals surface area contributed by atoms with E-state index in [1.54, 1.807) is 17.0 Å². The van der Waals surface area contributed by atoms with Crippen molar-refractivity contribution in [2.45, 2.75) is 45.6 Å². The Kier molecular flexibility index (Phi) is 8.47. The Morgan fingerprint density at radius 3 is 2.43 bits per heavy atom. The van der Waals surface area contributed by atoms with E-state index in [1.807, 2.05) is 41.9 Å². The van der Waals surface area contributed by atoms with E-state index >= 15 is 0 Å². The number of hydrogen-bond donors (Lipinski definition) is 1. The Morgan fingerprint density at radius 1 is 1.09 bits per heavy atom. The van der Waals surface area contributed by atoms with Gasteiger partial charge < -0.3 is 15.0 Å². The number of carbonyl (C=O) groups is 1. The van der Waals surface area contributed by atoms with E-state index < -0.39 is 0 Å². The van der Waals surface area contributed by atoms with Crippen molar-refractivity contribution in [1.29, 1.82) is 0 Å². The third kappa shape index (κ3) is 6.05. The number of ether oxygens (including phenoxy) is 1. The van der Waals surface area contributed by atoms with Crippen LogP contribution in [-0.4, -0.2) is 46.5 Å². The summed E-state index contributed by atoms with van der Waals surface area (Å²) in [7, 11) is 0. The normalized spacial score (nSPS) is 14.3. The molecule has 0 unspecified atom stereocenters. The average molecular weight is 536 g/mol. The maximum Gasteiger partial charge on any atom is 0.409 e. The highest BCUT2D eigenvalue weighted by molar-refractivity contribution is 6.35. The van der Waals surface area contributed by atoms with Gasteiger partial charge in [-0.2, -0.15) is 0 Å². The Morgan fingerprint density at radius 2 is 1.77 bits per heavy atom. The molecule has 0 aliphatic carbocycles. The topological polar surface area (TPSA) is 59.4 Å². The zero-order valence-electron chi connectivity index (χ0n) is 19.9. The Bertz CT molecular complexity index is 1170. The van der Waals surface area contributed by atoms with Crippen LogP contribution >= 0.6 is 34.8 Å². The monoisotopic (exact) mass is 534 g/mol. The maximum absolute atomic E-state index is 12.3.